The van der Waals surface area contributed by atoms with Crippen molar-refractivity contribution in [1.29, 1.82) is 0 Å². The summed E-state index contributed by atoms with van der Waals surface area (Å²) in [6.45, 7) is 5.75. The second-order valence-corrected chi connectivity index (χ2v) is 4.04. The monoisotopic (exact) mass is 225 g/mol. The molecular formula is C11H19N3O2. The fourth-order valence-corrected chi connectivity index (χ4v) is 1.42. The van der Waals surface area contributed by atoms with Gasteiger partial charge in [-0.25, -0.2) is 0 Å². The Balaban J connectivity index is 2.44. The van der Waals surface area contributed by atoms with Crippen LogP contribution in [0.3, 0.4) is 0 Å². The Bertz CT molecular complexity index is 312. The highest BCUT2D eigenvalue weighted by Gasteiger charge is 2.28. The van der Waals surface area contributed by atoms with Gasteiger partial charge in [-0.1, -0.05) is 13.8 Å². The predicted molar refractivity (Wildman–Crippen MR) is 62.2 cm³/mol. The Morgan fingerprint density at radius 3 is 2.81 bits per heavy atom. The zero-order chi connectivity index (χ0) is 12.1. The number of nitrogens with zero attached hydrogens (tertiary/aromatic N) is 1. The summed E-state index contributed by atoms with van der Waals surface area (Å²) in [6.07, 6.45) is 1.72. The summed E-state index contributed by atoms with van der Waals surface area (Å²) in [7, 11) is 0. The molecule has 2 N–H and O–H groups in total. The summed E-state index contributed by atoms with van der Waals surface area (Å²) in [5, 5.41) is 6.76. The smallest absolute Gasteiger partial charge is 0.244 e. The topological polar surface area (TPSA) is 70.6 Å². The fraction of sp³-hybridized carbons (Fsp3) is 0.727. The van der Waals surface area contributed by atoms with Gasteiger partial charge in [-0.15, -0.1) is 0 Å². The first-order chi connectivity index (χ1) is 7.58. The van der Waals surface area contributed by atoms with Crippen LogP contribution < -0.4 is 10.7 Å². The molecule has 90 valence electrons. The molecule has 0 aromatic rings. The Kier molecular flexibility index (Phi) is 4.46. The van der Waals surface area contributed by atoms with Crippen LogP contribution in [0.25, 0.3) is 0 Å². The number of Topliss-reactive ketones (excluding diaryl/α,β-unsaturated/α-hetero) is 1. The van der Waals surface area contributed by atoms with E-state index in [0.717, 1.165) is 6.42 Å². The van der Waals surface area contributed by atoms with E-state index in [1.165, 1.54) is 0 Å². The van der Waals surface area contributed by atoms with Crippen LogP contribution in [0.1, 0.15) is 40.0 Å². The molecule has 0 aromatic carbocycles. The molecular weight excluding hydrogens is 206 g/mol. The van der Waals surface area contributed by atoms with E-state index in [0.29, 0.717) is 18.6 Å². The standard InChI is InChI=1S/C11H19N3O2/c1-4-7(3)12-11(16)9-6-8(13-14-9)10(15)5-2/h7,9,14H,4-6H2,1-3H3,(H,12,16). The first-order valence-corrected chi connectivity index (χ1v) is 5.74. The van der Waals surface area contributed by atoms with Crippen LogP contribution in [0.15, 0.2) is 5.10 Å². The SMILES string of the molecule is CCC(=O)C1=NNC(C(=O)NC(C)CC)C1. The van der Waals surface area contributed by atoms with Gasteiger partial charge >= 0.3 is 0 Å². The zero-order valence-corrected chi connectivity index (χ0v) is 10.0. The molecule has 0 saturated heterocycles. The Morgan fingerprint density at radius 2 is 2.25 bits per heavy atom. The maximum Gasteiger partial charge on any atom is 0.244 e. The molecule has 0 saturated carbocycles. The number of amides is 1. The molecule has 1 amide bonds. The van der Waals surface area contributed by atoms with E-state index in [2.05, 4.69) is 15.8 Å². The third kappa shape index (κ3) is 3.05. The van der Waals surface area contributed by atoms with Crippen LogP contribution in [0.2, 0.25) is 0 Å². The van der Waals surface area contributed by atoms with Crippen LogP contribution in [-0.2, 0) is 9.59 Å². The normalized spacial score (nSPS) is 20.9. The van der Waals surface area contributed by atoms with Crippen molar-refractivity contribution < 1.29 is 9.59 Å². The molecule has 0 radical (unpaired) electrons. The quantitative estimate of drug-likeness (QED) is 0.719. The van der Waals surface area contributed by atoms with Crippen molar-refractivity contribution in [2.45, 2.75) is 52.1 Å². The van der Waals surface area contributed by atoms with Crippen molar-refractivity contribution in [2.24, 2.45) is 5.10 Å². The number of carbonyl (C=O) groups is 2. The van der Waals surface area contributed by atoms with Crippen LogP contribution in [0.4, 0.5) is 0 Å². The minimum absolute atomic E-state index is 0.00587. The van der Waals surface area contributed by atoms with Gasteiger partial charge in [0.2, 0.25) is 5.91 Å². The van der Waals surface area contributed by atoms with Gasteiger partial charge in [0.05, 0.1) is 0 Å². The van der Waals surface area contributed by atoms with Crippen molar-refractivity contribution in [3.05, 3.63) is 0 Å². The maximum absolute atomic E-state index is 11.7. The number of rotatable bonds is 5. The van der Waals surface area contributed by atoms with Crippen LogP contribution in [0.5, 0.6) is 0 Å². The Hall–Kier alpha value is -1.39. The van der Waals surface area contributed by atoms with Gasteiger partial charge in [0.15, 0.2) is 5.78 Å². The van der Waals surface area contributed by atoms with Crippen molar-refractivity contribution in [3.8, 4) is 0 Å². The van der Waals surface area contributed by atoms with Gasteiger partial charge < -0.3 is 5.32 Å². The third-order valence-corrected chi connectivity index (χ3v) is 2.71. The minimum Gasteiger partial charge on any atom is -0.352 e. The lowest BCUT2D eigenvalue weighted by Crippen LogP contribution is -2.43. The lowest BCUT2D eigenvalue weighted by Gasteiger charge is -2.15. The minimum atomic E-state index is -0.389. The second kappa shape index (κ2) is 5.63. The maximum atomic E-state index is 11.7. The first kappa shape index (κ1) is 12.7. The average molecular weight is 225 g/mol. The average Bonchev–Trinajstić information content (AvgIpc) is 2.77. The highest BCUT2D eigenvalue weighted by atomic mass is 16.2. The molecule has 1 heterocycles. The molecule has 16 heavy (non-hydrogen) atoms. The van der Waals surface area contributed by atoms with E-state index in [4.69, 9.17) is 0 Å². The first-order valence-electron chi connectivity index (χ1n) is 5.74. The number of ketones is 1. The highest BCUT2D eigenvalue weighted by molar-refractivity contribution is 6.40. The van der Waals surface area contributed by atoms with Gasteiger partial charge in [-0.3, -0.25) is 15.0 Å². The van der Waals surface area contributed by atoms with Gasteiger partial charge in [-0.05, 0) is 13.3 Å². The molecule has 0 aromatic heterocycles. The molecule has 2 atom stereocenters. The molecule has 1 aliphatic heterocycles. The molecule has 0 fully saturated rings. The van der Waals surface area contributed by atoms with Gasteiger partial charge in [-0.2, -0.15) is 5.10 Å². The number of carbonyl (C=O) groups excluding carboxylic acids is 2. The van der Waals surface area contributed by atoms with Gasteiger partial charge in [0.1, 0.15) is 11.8 Å². The highest BCUT2D eigenvalue weighted by Crippen LogP contribution is 2.06. The van der Waals surface area contributed by atoms with E-state index in [9.17, 15) is 9.59 Å². The third-order valence-electron chi connectivity index (χ3n) is 2.71. The largest absolute Gasteiger partial charge is 0.352 e. The lowest BCUT2D eigenvalue weighted by molar-refractivity contribution is -0.123. The molecule has 1 rings (SSSR count). The van der Waals surface area contributed by atoms with Crippen LogP contribution in [-0.4, -0.2) is 29.5 Å². The molecule has 5 heteroatoms. The number of hydrazone groups is 1. The van der Waals surface area contributed by atoms with Crippen molar-refractivity contribution in [2.75, 3.05) is 0 Å². The lowest BCUT2D eigenvalue weighted by atomic mass is 10.1. The van der Waals surface area contributed by atoms with E-state index >= 15 is 0 Å². The van der Waals surface area contributed by atoms with Crippen molar-refractivity contribution in [1.82, 2.24) is 10.7 Å². The summed E-state index contributed by atoms with van der Waals surface area (Å²) in [5.41, 5.74) is 3.18. The van der Waals surface area contributed by atoms with E-state index in [1.54, 1.807) is 6.92 Å². The predicted octanol–water partition coefficient (Wildman–Crippen LogP) is 0.598. The van der Waals surface area contributed by atoms with Crippen LogP contribution >= 0.6 is 0 Å². The molecule has 1 aliphatic rings. The molecule has 0 bridgehead atoms. The summed E-state index contributed by atoms with van der Waals surface area (Å²) >= 11 is 0. The Labute approximate surface area is 95.7 Å². The molecule has 2 unspecified atom stereocenters. The molecule has 0 aliphatic carbocycles. The second-order valence-electron chi connectivity index (χ2n) is 4.04. The summed E-state index contributed by atoms with van der Waals surface area (Å²) < 4.78 is 0. The molecule has 0 spiro atoms. The summed E-state index contributed by atoms with van der Waals surface area (Å²) in [5.74, 6) is -0.0802. The van der Waals surface area contributed by atoms with E-state index in [-0.39, 0.29) is 23.8 Å². The van der Waals surface area contributed by atoms with E-state index in [1.807, 2.05) is 13.8 Å². The Morgan fingerprint density at radius 1 is 1.56 bits per heavy atom. The number of hydrogen-bond acceptors (Lipinski definition) is 4. The number of nitrogens with one attached hydrogen (secondary N) is 2. The summed E-state index contributed by atoms with van der Waals surface area (Å²) in [4.78, 5) is 23.1. The summed E-state index contributed by atoms with van der Waals surface area (Å²) in [6, 6.07) is -0.236. The van der Waals surface area contributed by atoms with E-state index < -0.39 is 0 Å². The van der Waals surface area contributed by atoms with Crippen LogP contribution in [0, 0.1) is 0 Å². The number of hydrogen-bond donors (Lipinski definition) is 2. The van der Waals surface area contributed by atoms with Gasteiger partial charge in [0.25, 0.3) is 0 Å². The van der Waals surface area contributed by atoms with Crippen molar-refractivity contribution in [3.63, 3.8) is 0 Å². The van der Waals surface area contributed by atoms with Gasteiger partial charge in [0, 0.05) is 18.9 Å². The van der Waals surface area contributed by atoms with Crippen molar-refractivity contribution >= 4 is 17.4 Å². The fourth-order valence-electron chi connectivity index (χ4n) is 1.42. The zero-order valence-electron chi connectivity index (χ0n) is 10.0. The molecule has 5 nitrogen and oxygen atoms in total.